The van der Waals surface area contributed by atoms with E-state index in [1.807, 2.05) is 36.4 Å². The summed E-state index contributed by atoms with van der Waals surface area (Å²) >= 11 is 1.51. The SMILES string of the molecule is CCc1cc(Nc2cc(N3CCN(C)CC3)nc(Sc3ccc(NC(=O)C4CC4)cc3)n2)[nH]n1. The monoisotopic (exact) mass is 478 g/mol. The highest BCUT2D eigenvalue weighted by Crippen LogP contribution is 2.32. The number of anilines is 4. The van der Waals surface area contributed by atoms with Crippen molar-refractivity contribution in [3.63, 3.8) is 0 Å². The number of carbonyl (C=O) groups excluding carboxylic acids is 1. The summed E-state index contributed by atoms with van der Waals surface area (Å²) in [5.74, 6) is 2.76. The van der Waals surface area contributed by atoms with Gasteiger partial charge in [-0.25, -0.2) is 9.97 Å². The maximum absolute atomic E-state index is 12.0. The van der Waals surface area contributed by atoms with Gasteiger partial charge in [0, 0.05) is 54.8 Å². The second-order valence-corrected chi connectivity index (χ2v) is 9.87. The molecule has 2 aliphatic rings. The van der Waals surface area contributed by atoms with E-state index in [1.54, 1.807) is 0 Å². The van der Waals surface area contributed by atoms with E-state index in [4.69, 9.17) is 9.97 Å². The van der Waals surface area contributed by atoms with Gasteiger partial charge in [-0.2, -0.15) is 5.10 Å². The Hall–Kier alpha value is -3.11. The fourth-order valence-electron chi connectivity index (χ4n) is 3.77. The number of nitrogens with one attached hydrogen (secondary N) is 3. The fourth-order valence-corrected chi connectivity index (χ4v) is 4.53. The van der Waals surface area contributed by atoms with Crippen LogP contribution in [-0.2, 0) is 11.2 Å². The molecule has 3 aromatic rings. The number of likely N-dealkylation sites (N-methyl/N-ethyl adjacent to an activating group) is 1. The van der Waals surface area contributed by atoms with Crippen molar-refractivity contribution in [2.45, 2.75) is 36.2 Å². The van der Waals surface area contributed by atoms with Crippen LogP contribution in [0.15, 0.2) is 46.5 Å². The Kier molecular flexibility index (Phi) is 6.68. The molecular weight excluding hydrogens is 448 g/mol. The summed E-state index contributed by atoms with van der Waals surface area (Å²) in [5.41, 5.74) is 1.82. The molecule has 2 aromatic heterocycles. The number of piperazine rings is 1. The average molecular weight is 479 g/mol. The Morgan fingerprint density at radius 1 is 1.12 bits per heavy atom. The molecule has 2 fully saturated rings. The largest absolute Gasteiger partial charge is 0.354 e. The topological polar surface area (TPSA) is 102 Å². The zero-order chi connectivity index (χ0) is 23.5. The highest BCUT2D eigenvalue weighted by molar-refractivity contribution is 7.99. The van der Waals surface area contributed by atoms with Gasteiger partial charge in [-0.05, 0) is 62.3 Å². The van der Waals surface area contributed by atoms with Crippen LogP contribution in [0.5, 0.6) is 0 Å². The minimum absolute atomic E-state index is 0.115. The van der Waals surface area contributed by atoms with Crippen molar-refractivity contribution in [2.75, 3.05) is 48.8 Å². The summed E-state index contributed by atoms with van der Waals surface area (Å²) in [6, 6.07) is 11.9. The van der Waals surface area contributed by atoms with E-state index in [1.165, 1.54) is 11.8 Å². The molecule has 5 rings (SSSR count). The van der Waals surface area contributed by atoms with Crippen molar-refractivity contribution < 1.29 is 4.79 Å². The van der Waals surface area contributed by atoms with Crippen LogP contribution in [0.2, 0.25) is 0 Å². The number of nitrogens with zero attached hydrogens (tertiary/aromatic N) is 5. The quantitative estimate of drug-likeness (QED) is 0.421. The molecule has 1 amide bonds. The number of aryl methyl sites for hydroxylation is 1. The molecule has 1 saturated heterocycles. The van der Waals surface area contributed by atoms with Gasteiger partial charge in [0.15, 0.2) is 5.16 Å². The number of H-pyrrole nitrogens is 1. The predicted molar refractivity (Wildman–Crippen MR) is 135 cm³/mol. The molecule has 0 unspecified atom stereocenters. The Labute approximate surface area is 203 Å². The van der Waals surface area contributed by atoms with Gasteiger partial charge in [-0.3, -0.25) is 9.89 Å². The Bertz CT molecular complexity index is 1140. The maximum Gasteiger partial charge on any atom is 0.227 e. The van der Waals surface area contributed by atoms with Crippen molar-refractivity contribution in [3.05, 3.63) is 42.1 Å². The lowest BCUT2D eigenvalue weighted by molar-refractivity contribution is -0.117. The van der Waals surface area contributed by atoms with Gasteiger partial charge in [0.2, 0.25) is 5.91 Å². The Morgan fingerprint density at radius 2 is 1.88 bits per heavy atom. The van der Waals surface area contributed by atoms with E-state index in [0.717, 1.165) is 79.2 Å². The predicted octanol–water partition coefficient (Wildman–Crippen LogP) is 3.76. The number of hydrogen-bond acceptors (Lipinski definition) is 8. The van der Waals surface area contributed by atoms with Crippen molar-refractivity contribution in [1.29, 1.82) is 0 Å². The van der Waals surface area contributed by atoms with Gasteiger partial charge >= 0.3 is 0 Å². The summed E-state index contributed by atoms with van der Waals surface area (Å²) in [5, 5.41) is 14.3. The first-order valence-electron chi connectivity index (χ1n) is 11.8. The number of aromatic amines is 1. The lowest BCUT2D eigenvalue weighted by Gasteiger charge is -2.33. The van der Waals surface area contributed by atoms with Gasteiger partial charge in [0.25, 0.3) is 0 Å². The van der Waals surface area contributed by atoms with Crippen LogP contribution in [0.25, 0.3) is 0 Å². The molecule has 1 aliphatic carbocycles. The normalized spacial score (nSPS) is 16.5. The highest BCUT2D eigenvalue weighted by Gasteiger charge is 2.29. The van der Waals surface area contributed by atoms with Gasteiger partial charge in [0.1, 0.15) is 17.5 Å². The van der Waals surface area contributed by atoms with Crippen LogP contribution < -0.4 is 15.5 Å². The Balaban J connectivity index is 1.35. The van der Waals surface area contributed by atoms with Crippen LogP contribution in [0.3, 0.4) is 0 Å². The van der Waals surface area contributed by atoms with Crippen molar-refractivity contribution in [2.24, 2.45) is 5.92 Å². The summed E-state index contributed by atoms with van der Waals surface area (Å²) in [6.45, 7) is 5.94. The molecule has 0 spiro atoms. The lowest BCUT2D eigenvalue weighted by atomic mass is 10.3. The van der Waals surface area contributed by atoms with Crippen LogP contribution in [0.4, 0.5) is 23.1 Å². The summed E-state index contributed by atoms with van der Waals surface area (Å²) in [6.07, 6.45) is 2.86. The third-order valence-corrected chi connectivity index (χ3v) is 6.93. The average Bonchev–Trinajstić information content (AvgIpc) is 3.60. The van der Waals surface area contributed by atoms with E-state index in [2.05, 4.69) is 44.6 Å². The number of benzene rings is 1. The highest BCUT2D eigenvalue weighted by atomic mass is 32.2. The second-order valence-electron chi connectivity index (χ2n) is 8.83. The number of hydrogen-bond donors (Lipinski definition) is 3. The molecule has 1 aliphatic heterocycles. The van der Waals surface area contributed by atoms with Crippen LogP contribution >= 0.6 is 11.8 Å². The van der Waals surface area contributed by atoms with Crippen LogP contribution in [-0.4, -0.2) is 64.2 Å². The van der Waals surface area contributed by atoms with Gasteiger partial charge in [-0.15, -0.1) is 0 Å². The summed E-state index contributed by atoms with van der Waals surface area (Å²) < 4.78 is 0. The molecular formula is C24H30N8OS. The van der Waals surface area contributed by atoms with Gasteiger partial charge in [0.05, 0.1) is 5.69 Å². The molecule has 0 radical (unpaired) electrons. The standard InChI is InChI=1S/C24H30N8OS/c1-3-17-14-21(30-29-17)26-20-15-22(32-12-10-31(2)11-13-32)28-24(27-20)34-19-8-6-18(7-9-19)25-23(33)16-4-5-16/h6-9,14-16H,3-5,10-13H2,1-2H3,(H,25,33)(H2,26,27,28,29,30). The molecule has 10 heteroatoms. The van der Waals surface area contributed by atoms with E-state index in [9.17, 15) is 4.79 Å². The molecule has 1 saturated carbocycles. The first-order chi connectivity index (χ1) is 16.6. The molecule has 9 nitrogen and oxygen atoms in total. The van der Waals surface area contributed by atoms with Gasteiger partial charge < -0.3 is 20.4 Å². The zero-order valence-electron chi connectivity index (χ0n) is 19.5. The third-order valence-electron chi connectivity index (χ3n) is 6.05. The number of aromatic nitrogens is 4. The lowest BCUT2D eigenvalue weighted by Crippen LogP contribution is -2.44. The molecule has 0 bridgehead atoms. The molecule has 178 valence electrons. The molecule has 3 N–H and O–H groups in total. The van der Waals surface area contributed by atoms with E-state index < -0.39 is 0 Å². The molecule has 34 heavy (non-hydrogen) atoms. The van der Waals surface area contributed by atoms with Crippen molar-refractivity contribution >= 4 is 40.8 Å². The summed E-state index contributed by atoms with van der Waals surface area (Å²) in [4.78, 5) is 27.3. The number of carbonyl (C=O) groups is 1. The molecule has 1 aromatic carbocycles. The zero-order valence-corrected chi connectivity index (χ0v) is 20.4. The minimum atomic E-state index is 0.115. The number of amides is 1. The summed E-state index contributed by atoms with van der Waals surface area (Å²) in [7, 11) is 2.14. The van der Waals surface area contributed by atoms with Crippen LogP contribution in [0.1, 0.15) is 25.5 Å². The van der Waals surface area contributed by atoms with Crippen LogP contribution in [0, 0.1) is 5.92 Å². The second kappa shape index (κ2) is 10.0. The Morgan fingerprint density at radius 3 is 2.56 bits per heavy atom. The van der Waals surface area contributed by atoms with E-state index in [0.29, 0.717) is 5.16 Å². The van der Waals surface area contributed by atoms with E-state index >= 15 is 0 Å². The molecule has 3 heterocycles. The smallest absolute Gasteiger partial charge is 0.227 e. The van der Waals surface area contributed by atoms with E-state index in [-0.39, 0.29) is 11.8 Å². The third kappa shape index (κ3) is 5.68. The maximum atomic E-state index is 12.0. The minimum Gasteiger partial charge on any atom is -0.354 e. The molecule has 0 atom stereocenters. The van der Waals surface area contributed by atoms with Crippen molar-refractivity contribution in [1.82, 2.24) is 25.1 Å². The van der Waals surface area contributed by atoms with Crippen molar-refractivity contribution in [3.8, 4) is 0 Å². The first kappa shape index (κ1) is 22.7. The van der Waals surface area contributed by atoms with Gasteiger partial charge in [-0.1, -0.05) is 6.92 Å². The fraction of sp³-hybridized carbons (Fsp3) is 0.417. The number of rotatable bonds is 8. The first-order valence-corrected chi connectivity index (χ1v) is 12.6.